The van der Waals surface area contributed by atoms with Gasteiger partial charge in [0, 0.05) is 17.2 Å². The number of hydrogen-bond donors (Lipinski definition) is 2. The molecule has 9 heteroatoms. The maximum atomic E-state index is 11.5. The van der Waals surface area contributed by atoms with Crippen molar-refractivity contribution in [1.29, 1.82) is 0 Å². The first-order chi connectivity index (χ1) is 8.60. The van der Waals surface area contributed by atoms with E-state index in [1.54, 1.807) is 0 Å². The van der Waals surface area contributed by atoms with Crippen molar-refractivity contribution in [3.63, 3.8) is 0 Å². The number of nitrogens with zero attached hydrogens (tertiary/aromatic N) is 4. The smallest absolute Gasteiger partial charge is 0.330 e. The zero-order valence-corrected chi connectivity index (χ0v) is 9.31. The monoisotopic (exact) mass is 253 g/mol. The predicted octanol–water partition coefficient (Wildman–Crippen LogP) is -0.155. The van der Waals surface area contributed by atoms with E-state index in [1.807, 2.05) is 0 Å². The number of aromatic amines is 1. The second-order valence-corrected chi connectivity index (χ2v) is 3.92. The molecule has 1 aromatic heterocycles. The van der Waals surface area contributed by atoms with Gasteiger partial charge in [0.2, 0.25) is 0 Å². The Hall–Kier alpha value is -2.09. The molecule has 0 radical (unpaired) electrons. The van der Waals surface area contributed by atoms with Gasteiger partial charge in [-0.1, -0.05) is 5.11 Å². The van der Waals surface area contributed by atoms with Crippen LogP contribution in [0.3, 0.4) is 0 Å². The first kappa shape index (κ1) is 12.4. The van der Waals surface area contributed by atoms with Crippen molar-refractivity contribution in [2.45, 2.75) is 24.8 Å². The molecule has 9 nitrogen and oxygen atoms in total. The van der Waals surface area contributed by atoms with Gasteiger partial charge in [-0.3, -0.25) is 14.3 Å². The summed E-state index contributed by atoms with van der Waals surface area (Å²) in [5.74, 6) is 0. The highest BCUT2D eigenvalue weighted by molar-refractivity contribution is 4.90. The Morgan fingerprint density at radius 2 is 2.50 bits per heavy atom. The number of aliphatic hydroxyl groups is 1. The number of hydrogen-bond acceptors (Lipinski definition) is 5. The Bertz CT molecular complexity index is 601. The van der Waals surface area contributed by atoms with Gasteiger partial charge >= 0.3 is 5.69 Å². The highest BCUT2D eigenvalue weighted by atomic mass is 16.6. The van der Waals surface area contributed by atoms with E-state index in [9.17, 15) is 14.7 Å². The fraction of sp³-hybridized carbons (Fsp3) is 0.556. The predicted molar refractivity (Wildman–Crippen MR) is 59.6 cm³/mol. The third kappa shape index (κ3) is 2.14. The lowest BCUT2D eigenvalue weighted by Crippen LogP contribution is -2.34. The maximum Gasteiger partial charge on any atom is 0.330 e. The van der Waals surface area contributed by atoms with Crippen molar-refractivity contribution in [3.8, 4) is 0 Å². The van der Waals surface area contributed by atoms with Crippen LogP contribution in [0.15, 0.2) is 27.0 Å². The third-order valence-electron chi connectivity index (χ3n) is 2.77. The topological polar surface area (TPSA) is 133 Å². The van der Waals surface area contributed by atoms with Crippen LogP contribution in [0, 0.1) is 0 Å². The van der Waals surface area contributed by atoms with E-state index in [1.165, 1.54) is 16.8 Å². The summed E-state index contributed by atoms with van der Waals surface area (Å²) < 4.78 is 6.60. The van der Waals surface area contributed by atoms with E-state index in [0.717, 1.165) is 0 Å². The van der Waals surface area contributed by atoms with Gasteiger partial charge in [-0.15, -0.1) is 0 Å². The van der Waals surface area contributed by atoms with Crippen LogP contribution in [0.1, 0.15) is 19.1 Å². The minimum Gasteiger partial charge on any atom is -0.393 e. The van der Waals surface area contributed by atoms with Gasteiger partial charge in [-0.25, -0.2) is 4.79 Å². The maximum absolute atomic E-state index is 11.5. The van der Waals surface area contributed by atoms with E-state index in [4.69, 9.17) is 10.3 Å². The lowest BCUT2D eigenvalue weighted by Gasteiger charge is -2.21. The summed E-state index contributed by atoms with van der Waals surface area (Å²) in [6.07, 6.45) is 1.32. The number of nitrogens with one attached hydrogen (secondary N) is 1. The van der Waals surface area contributed by atoms with Crippen LogP contribution >= 0.6 is 0 Å². The van der Waals surface area contributed by atoms with Crippen LogP contribution in [0.4, 0.5) is 0 Å². The van der Waals surface area contributed by atoms with Gasteiger partial charge in [0.1, 0.15) is 6.23 Å². The van der Waals surface area contributed by atoms with Crippen molar-refractivity contribution in [2.75, 3.05) is 6.61 Å². The van der Waals surface area contributed by atoms with Crippen LogP contribution in [-0.4, -0.2) is 27.0 Å². The molecule has 1 aromatic rings. The van der Waals surface area contributed by atoms with E-state index < -0.39 is 29.8 Å². The zero-order valence-electron chi connectivity index (χ0n) is 9.31. The van der Waals surface area contributed by atoms with E-state index in [2.05, 4.69) is 15.0 Å². The summed E-state index contributed by atoms with van der Waals surface area (Å²) in [7, 11) is 0. The highest BCUT2D eigenvalue weighted by Crippen LogP contribution is 2.36. The standard InChI is InChI=1S/C9H11N5O4/c10-13-12-9(5-15)3-1-7(18-9)14-4-2-6(16)11-8(14)17/h2,4,7,15H,1,3,5H2,(H,11,16,17)/t7-,9+/m0/s1. The number of aliphatic hydroxyl groups excluding tert-OH is 1. The molecule has 18 heavy (non-hydrogen) atoms. The average Bonchev–Trinajstić information content (AvgIpc) is 2.74. The average molecular weight is 253 g/mol. The molecule has 0 bridgehead atoms. The molecule has 0 spiro atoms. The molecule has 0 aromatic carbocycles. The number of aromatic nitrogens is 2. The molecule has 1 aliphatic heterocycles. The molecule has 0 aliphatic carbocycles. The molecular weight excluding hydrogens is 242 g/mol. The molecule has 1 aliphatic rings. The Labute approximate surface area is 100 Å². The normalized spacial score (nSPS) is 26.8. The first-order valence-electron chi connectivity index (χ1n) is 5.27. The van der Waals surface area contributed by atoms with Crippen LogP contribution in [0.5, 0.6) is 0 Å². The second-order valence-electron chi connectivity index (χ2n) is 3.92. The number of H-pyrrole nitrogens is 1. The van der Waals surface area contributed by atoms with Gasteiger partial charge in [0.25, 0.3) is 5.56 Å². The van der Waals surface area contributed by atoms with Gasteiger partial charge in [-0.05, 0) is 18.4 Å². The number of ether oxygens (including phenoxy) is 1. The Morgan fingerprint density at radius 1 is 1.72 bits per heavy atom. The number of rotatable bonds is 3. The quantitative estimate of drug-likeness (QED) is 0.440. The summed E-state index contributed by atoms with van der Waals surface area (Å²) >= 11 is 0. The Kier molecular flexibility index (Phi) is 3.19. The van der Waals surface area contributed by atoms with E-state index >= 15 is 0 Å². The van der Waals surface area contributed by atoms with Crippen molar-refractivity contribution in [3.05, 3.63) is 43.5 Å². The molecule has 0 amide bonds. The fourth-order valence-corrected chi connectivity index (χ4v) is 1.87. The van der Waals surface area contributed by atoms with Crippen LogP contribution in [0.2, 0.25) is 0 Å². The second kappa shape index (κ2) is 4.65. The lowest BCUT2D eigenvalue weighted by molar-refractivity contribution is -0.0951. The van der Waals surface area contributed by atoms with Crippen molar-refractivity contribution < 1.29 is 9.84 Å². The van der Waals surface area contributed by atoms with Crippen LogP contribution < -0.4 is 11.2 Å². The van der Waals surface area contributed by atoms with Crippen LogP contribution in [-0.2, 0) is 4.74 Å². The van der Waals surface area contributed by atoms with Gasteiger partial charge in [0.15, 0.2) is 5.72 Å². The highest BCUT2D eigenvalue weighted by Gasteiger charge is 2.40. The third-order valence-corrected chi connectivity index (χ3v) is 2.77. The van der Waals surface area contributed by atoms with Gasteiger partial charge in [-0.2, -0.15) is 0 Å². The summed E-state index contributed by atoms with van der Waals surface area (Å²) in [5, 5.41) is 12.6. The minimum atomic E-state index is -1.34. The van der Waals surface area contributed by atoms with Gasteiger partial charge in [0.05, 0.1) is 6.61 Å². The Balaban J connectivity index is 2.30. The molecule has 96 valence electrons. The molecule has 0 saturated carbocycles. The van der Waals surface area contributed by atoms with Crippen molar-refractivity contribution >= 4 is 0 Å². The molecule has 2 heterocycles. The van der Waals surface area contributed by atoms with Crippen molar-refractivity contribution in [2.24, 2.45) is 5.11 Å². The lowest BCUT2D eigenvalue weighted by atomic mass is 10.1. The van der Waals surface area contributed by atoms with Crippen LogP contribution in [0.25, 0.3) is 10.4 Å². The summed E-state index contributed by atoms with van der Waals surface area (Å²) in [6, 6.07) is 1.19. The summed E-state index contributed by atoms with van der Waals surface area (Å²) in [6.45, 7) is -0.467. The zero-order chi connectivity index (χ0) is 13.2. The molecule has 1 saturated heterocycles. The van der Waals surface area contributed by atoms with E-state index in [-0.39, 0.29) is 0 Å². The van der Waals surface area contributed by atoms with E-state index in [0.29, 0.717) is 12.8 Å². The molecule has 2 N–H and O–H groups in total. The molecule has 2 rings (SSSR count). The first-order valence-corrected chi connectivity index (χ1v) is 5.27. The Morgan fingerprint density at radius 3 is 3.11 bits per heavy atom. The minimum absolute atomic E-state index is 0.295. The summed E-state index contributed by atoms with van der Waals surface area (Å²) in [4.78, 5) is 27.2. The fourth-order valence-electron chi connectivity index (χ4n) is 1.87. The number of azide groups is 1. The van der Waals surface area contributed by atoms with Crippen molar-refractivity contribution in [1.82, 2.24) is 9.55 Å². The molecule has 2 atom stereocenters. The molecular formula is C9H11N5O4. The summed E-state index contributed by atoms with van der Waals surface area (Å²) in [5.41, 5.74) is 5.97. The molecule has 0 unspecified atom stereocenters. The van der Waals surface area contributed by atoms with Gasteiger partial charge < -0.3 is 9.84 Å². The SMILES string of the molecule is [N-]=[N+]=N[C@]1(CO)CC[C@@H](n2ccc(=O)[nH]c2=O)O1. The largest absolute Gasteiger partial charge is 0.393 e. The molecule has 1 fully saturated rings.